The third-order valence-electron chi connectivity index (χ3n) is 5.09. The van der Waals surface area contributed by atoms with Crippen molar-refractivity contribution in [3.63, 3.8) is 0 Å². The first-order chi connectivity index (χ1) is 13.6. The molecule has 0 bridgehead atoms. The lowest BCUT2D eigenvalue weighted by Crippen LogP contribution is -2.39. The number of hydrogen-bond acceptors (Lipinski definition) is 5. The van der Waals surface area contributed by atoms with Crippen molar-refractivity contribution in [1.29, 1.82) is 0 Å². The van der Waals surface area contributed by atoms with Crippen LogP contribution in [0.1, 0.15) is 56.7 Å². The Balaban J connectivity index is 0.00000300. The van der Waals surface area contributed by atoms with Gasteiger partial charge in [-0.25, -0.2) is 4.99 Å². The van der Waals surface area contributed by atoms with E-state index in [0.717, 1.165) is 62.1 Å². The lowest BCUT2D eigenvalue weighted by molar-refractivity contribution is 0.0677. The van der Waals surface area contributed by atoms with Crippen LogP contribution in [0, 0.1) is 0 Å². The molecule has 2 aromatic heterocycles. The zero-order valence-corrected chi connectivity index (χ0v) is 20.5. The highest BCUT2D eigenvalue weighted by atomic mass is 127. The molecule has 1 aliphatic heterocycles. The van der Waals surface area contributed by atoms with Gasteiger partial charge in [-0.1, -0.05) is 6.42 Å². The molecular weight excluding hydrogens is 499 g/mol. The summed E-state index contributed by atoms with van der Waals surface area (Å²) in [4.78, 5) is 4.57. The molecule has 1 atom stereocenters. The molecule has 3 rings (SSSR count). The molecule has 7 nitrogen and oxygen atoms in total. The maximum absolute atomic E-state index is 10.6. The van der Waals surface area contributed by atoms with Crippen LogP contribution < -0.4 is 10.6 Å². The highest BCUT2D eigenvalue weighted by Gasteiger charge is 2.23. The van der Waals surface area contributed by atoms with Gasteiger partial charge in [-0.2, -0.15) is 11.3 Å². The SMILES string of the molecule is CCNC(=NCC(C)(O)c1ccsc1)NCCCc1nnc2n1CCCCC2.I. The van der Waals surface area contributed by atoms with Gasteiger partial charge < -0.3 is 20.3 Å². The van der Waals surface area contributed by atoms with Crippen molar-refractivity contribution in [3.05, 3.63) is 34.0 Å². The van der Waals surface area contributed by atoms with E-state index in [2.05, 4.69) is 30.4 Å². The summed E-state index contributed by atoms with van der Waals surface area (Å²) >= 11 is 1.58. The van der Waals surface area contributed by atoms with Gasteiger partial charge >= 0.3 is 0 Å². The number of aliphatic imine (C=N–C) groups is 1. The Morgan fingerprint density at radius 1 is 1.31 bits per heavy atom. The summed E-state index contributed by atoms with van der Waals surface area (Å²) in [5, 5.41) is 30.0. The molecule has 0 aliphatic carbocycles. The molecular formula is C20H33IN6OS. The first-order valence-electron chi connectivity index (χ1n) is 10.3. The second-order valence-corrected chi connectivity index (χ2v) is 8.29. The molecule has 0 spiro atoms. The normalized spacial score (nSPS) is 16.3. The average molecular weight is 532 g/mol. The molecule has 2 aromatic rings. The molecule has 0 fully saturated rings. The number of nitrogens with one attached hydrogen (secondary N) is 2. The number of rotatable bonds is 8. The van der Waals surface area contributed by atoms with E-state index in [1.807, 2.05) is 23.8 Å². The molecule has 162 valence electrons. The van der Waals surface area contributed by atoms with Crippen LogP contribution in [0.4, 0.5) is 0 Å². The number of aromatic nitrogens is 3. The highest BCUT2D eigenvalue weighted by Crippen LogP contribution is 2.23. The van der Waals surface area contributed by atoms with Crippen LogP contribution in [0.15, 0.2) is 21.8 Å². The van der Waals surface area contributed by atoms with Crippen molar-refractivity contribution >= 4 is 41.3 Å². The summed E-state index contributed by atoms with van der Waals surface area (Å²) in [6.07, 6.45) is 6.64. The molecule has 0 amide bonds. The molecule has 3 heterocycles. The predicted molar refractivity (Wildman–Crippen MR) is 129 cm³/mol. The summed E-state index contributed by atoms with van der Waals surface area (Å²) in [5.41, 5.74) is -0.0499. The van der Waals surface area contributed by atoms with Crippen molar-refractivity contribution in [3.8, 4) is 0 Å². The van der Waals surface area contributed by atoms with Crippen LogP contribution in [0.25, 0.3) is 0 Å². The molecule has 1 unspecified atom stereocenters. The number of guanidine groups is 1. The van der Waals surface area contributed by atoms with Crippen LogP contribution >= 0.6 is 35.3 Å². The molecule has 0 aromatic carbocycles. The Bertz CT molecular complexity index is 759. The Labute approximate surface area is 194 Å². The minimum atomic E-state index is -0.957. The minimum Gasteiger partial charge on any atom is -0.383 e. The van der Waals surface area contributed by atoms with E-state index < -0.39 is 5.60 Å². The summed E-state index contributed by atoms with van der Waals surface area (Å²) in [7, 11) is 0. The van der Waals surface area contributed by atoms with Gasteiger partial charge in [0.15, 0.2) is 5.96 Å². The molecule has 3 N–H and O–H groups in total. The lowest BCUT2D eigenvalue weighted by Gasteiger charge is -2.21. The van der Waals surface area contributed by atoms with Crippen LogP contribution in [-0.4, -0.2) is 45.5 Å². The molecule has 29 heavy (non-hydrogen) atoms. The molecule has 0 saturated heterocycles. The third-order valence-corrected chi connectivity index (χ3v) is 5.77. The number of aryl methyl sites for hydroxylation is 2. The van der Waals surface area contributed by atoms with Crippen LogP contribution in [0.2, 0.25) is 0 Å². The summed E-state index contributed by atoms with van der Waals surface area (Å²) in [6, 6.07) is 1.95. The van der Waals surface area contributed by atoms with Gasteiger partial charge in [0, 0.05) is 32.5 Å². The summed E-state index contributed by atoms with van der Waals surface area (Å²) < 4.78 is 2.31. The lowest BCUT2D eigenvalue weighted by atomic mass is 10.00. The van der Waals surface area contributed by atoms with Gasteiger partial charge in [0.05, 0.1) is 6.54 Å². The maximum Gasteiger partial charge on any atom is 0.191 e. The van der Waals surface area contributed by atoms with E-state index in [4.69, 9.17) is 0 Å². The van der Waals surface area contributed by atoms with Gasteiger partial charge in [-0.15, -0.1) is 34.2 Å². The van der Waals surface area contributed by atoms with Crippen LogP contribution in [0.5, 0.6) is 0 Å². The van der Waals surface area contributed by atoms with Gasteiger partial charge in [-0.05, 0) is 55.5 Å². The fraction of sp³-hybridized carbons (Fsp3) is 0.650. The van der Waals surface area contributed by atoms with Crippen LogP contribution in [0.3, 0.4) is 0 Å². The van der Waals surface area contributed by atoms with E-state index in [1.165, 1.54) is 19.3 Å². The van der Waals surface area contributed by atoms with Crippen molar-refractivity contribution < 1.29 is 5.11 Å². The fourth-order valence-electron chi connectivity index (χ4n) is 3.42. The van der Waals surface area contributed by atoms with Crippen molar-refractivity contribution in [1.82, 2.24) is 25.4 Å². The Morgan fingerprint density at radius 3 is 2.93 bits per heavy atom. The zero-order chi connectivity index (χ0) is 19.8. The number of fused-ring (bicyclic) bond motifs is 1. The Hall–Kier alpha value is -1.20. The first-order valence-corrected chi connectivity index (χ1v) is 11.2. The first kappa shape index (κ1) is 24.1. The average Bonchev–Trinajstić information content (AvgIpc) is 3.29. The van der Waals surface area contributed by atoms with Gasteiger partial charge in [-0.3, -0.25) is 0 Å². The Morgan fingerprint density at radius 2 is 2.17 bits per heavy atom. The number of halogens is 1. The quantitative estimate of drug-likeness (QED) is 0.211. The van der Waals surface area contributed by atoms with Crippen molar-refractivity contribution in [2.24, 2.45) is 4.99 Å². The van der Waals surface area contributed by atoms with Crippen LogP contribution in [-0.2, 0) is 25.0 Å². The molecule has 0 saturated carbocycles. The summed E-state index contributed by atoms with van der Waals surface area (Å²) in [6.45, 7) is 6.79. The minimum absolute atomic E-state index is 0. The van der Waals surface area contributed by atoms with E-state index in [0.29, 0.717) is 6.54 Å². The predicted octanol–water partition coefficient (Wildman–Crippen LogP) is 3.08. The van der Waals surface area contributed by atoms with E-state index >= 15 is 0 Å². The Kier molecular flexibility index (Phi) is 9.84. The van der Waals surface area contributed by atoms with Crippen molar-refractivity contribution in [2.75, 3.05) is 19.6 Å². The van der Waals surface area contributed by atoms with E-state index in [1.54, 1.807) is 18.3 Å². The monoisotopic (exact) mass is 532 g/mol. The van der Waals surface area contributed by atoms with Gasteiger partial charge in [0.25, 0.3) is 0 Å². The topological polar surface area (TPSA) is 87.4 Å². The van der Waals surface area contributed by atoms with Gasteiger partial charge in [0.1, 0.15) is 17.2 Å². The van der Waals surface area contributed by atoms with Gasteiger partial charge in [0.2, 0.25) is 0 Å². The van der Waals surface area contributed by atoms with E-state index in [-0.39, 0.29) is 24.0 Å². The number of hydrogen-bond donors (Lipinski definition) is 3. The van der Waals surface area contributed by atoms with Crippen molar-refractivity contribution in [2.45, 2.75) is 64.5 Å². The van der Waals surface area contributed by atoms with E-state index in [9.17, 15) is 5.11 Å². The smallest absolute Gasteiger partial charge is 0.191 e. The number of nitrogens with zero attached hydrogens (tertiary/aromatic N) is 4. The third kappa shape index (κ3) is 6.92. The standard InChI is InChI=1S/C20H32N6OS.HI/c1-3-21-19(23-15-20(2,27)16-10-13-28-14-16)22-11-7-9-18-25-24-17-8-5-4-6-12-26(17)18;/h10,13-14,27H,3-9,11-12,15H2,1-2H3,(H2,21,22,23);1H. The molecule has 9 heteroatoms. The summed E-state index contributed by atoms with van der Waals surface area (Å²) in [5.74, 6) is 2.98. The highest BCUT2D eigenvalue weighted by molar-refractivity contribution is 14.0. The maximum atomic E-state index is 10.6. The largest absolute Gasteiger partial charge is 0.383 e. The molecule has 1 aliphatic rings. The second-order valence-electron chi connectivity index (χ2n) is 7.51. The number of thiophene rings is 1. The molecule has 0 radical (unpaired) electrons. The fourth-order valence-corrected chi connectivity index (χ4v) is 4.20. The number of aliphatic hydroxyl groups is 1. The zero-order valence-electron chi connectivity index (χ0n) is 17.4. The second kappa shape index (κ2) is 11.8.